The molecule has 1 aliphatic heterocycles. The average molecular weight is 330 g/mol. The molecule has 2 aromatic rings. The predicted octanol–water partition coefficient (Wildman–Crippen LogP) is 3.50. The highest BCUT2D eigenvalue weighted by atomic mass is 32.2. The number of aryl methyl sites for hydroxylation is 2. The van der Waals surface area contributed by atoms with Crippen molar-refractivity contribution in [3.63, 3.8) is 0 Å². The van der Waals surface area contributed by atoms with Gasteiger partial charge in [-0.05, 0) is 51.0 Å². The summed E-state index contributed by atoms with van der Waals surface area (Å²) >= 11 is 1.49. The molecule has 0 saturated carbocycles. The lowest BCUT2D eigenvalue weighted by atomic mass is 10.1. The number of nitrogens with one attached hydrogen (secondary N) is 1. The van der Waals surface area contributed by atoms with E-state index in [1.165, 1.54) is 45.5 Å². The molecule has 2 atom stereocenters. The van der Waals surface area contributed by atoms with E-state index in [1.54, 1.807) is 0 Å². The zero-order valence-corrected chi connectivity index (χ0v) is 14.7. The molecular weight excluding hydrogens is 308 g/mol. The van der Waals surface area contributed by atoms with E-state index >= 15 is 0 Å². The highest BCUT2D eigenvalue weighted by Crippen LogP contribution is 2.38. The molecule has 23 heavy (non-hydrogen) atoms. The van der Waals surface area contributed by atoms with Gasteiger partial charge in [-0.15, -0.1) is 11.8 Å². The van der Waals surface area contributed by atoms with Crippen LogP contribution in [0.15, 0.2) is 24.3 Å². The first-order valence-electron chi connectivity index (χ1n) is 7.77. The maximum absolute atomic E-state index is 11.2. The molecule has 1 aromatic carbocycles. The van der Waals surface area contributed by atoms with Gasteiger partial charge in [0.25, 0.3) is 0 Å². The van der Waals surface area contributed by atoms with Crippen LogP contribution in [0.4, 0.5) is 0 Å². The molecule has 1 fully saturated rings. The minimum Gasteiger partial charge on any atom is -0.480 e. The fourth-order valence-electron chi connectivity index (χ4n) is 3.20. The van der Waals surface area contributed by atoms with Crippen LogP contribution in [0.2, 0.25) is 0 Å². The molecule has 0 unspecified atom stereocenters. The number of hydrogen-bond acceptors (Lipinski definition) is 3. The molecule has 1 aliphatic rings. The number of aliphatic carboxylic acids is 1. The van der Waals surface area contributed by atoms with Crippen molar-refractivity contribution in [1.29, 1.82) is 0 Å². The van der Waals surface area contributed by atoms with E-state index in [0.717, 1.165) is 0 Å². The largest absolute Gasteiger partial charge is 0.480 e. The van der Waals surface area contributed by atoms with Gasteiger partial charge in [-0.25, -0.2) is 0 Å². The molecule has 1 aromatic heterocycles. The third-order valence-corrected chi connectivity index (χ3v) is 6.02. The number of benzene rings is 1. The number of hydrogen-bond donors (Lipinski definition) is 2. The van der Waals surface area contributed by atoms with Crippen molar-refractivity contribution >= 4 is 17.7 Å². The first-order valence-corrected chi connectivity index (χ1v) is 8.71. The molecular formula is C18H22N2O2S. The van der Waals surface area contributed by atoms with Gasteiger partial charge in [-0.2, -0.15) is 0 Å². The number of carbonyl (C=O) groups is 1. The maximum atomic E-state index is 11.2. The van der Waals surface area contributed by atoms with Crippen LogP contribution >= 0.6 is 11.8 Å². The summed E-state index contributed by atoms with van der Waals surface area (Å²) < 4.78 is 2.27. The van der Waals surface area contributed by atoms with Gasteiger partial charge in [0.15, 0.2) is 0 Å². The van der Waals surface area contributed by atoms with Crippen LogP contribution in [-0.2, 0) is 4.79 Å². The topological polar surface area (TPSA) is 54.3 Å². The Kier molecular flexibility index (Phi) is 4.25. The first-order chi connectivity index (χ1) is 10.9. The van der Waals surface area contributed by atoms with Gasteiger partial charge in [0.05, 0.1) is 5.37 Å². The van der Waals surface area contributed by atoms with E-state index in [4.69, 9.17) is 0 Å². The fraction of sp³-hybridized carbons (Fsp3) is 0.389. The lowest BCUT2D eigenvalue weighted by molar-refractivity contribution is -0.136. The van der Waals surface area contributed by atoms with Gasteiger partial charge in [0.2, 0.25) is 0 Å². The van der Waals surface area contributed by atoms with Crippen molar-refractivity contribution < 1.29 is 9.90 Å². The number of carboxylic acid groups (broad SMARTS) is 1. The molecule has 2 heterocycles. The molecule has 4 nitrogen and oxygen atoms in total. The number of carboxylic acids is 1. The van der Waals surface area contributed by atoms with Crippen LogP contribution in [-0.4, -0.2) is 27.4 Å². The molecule has 3 rings (SSSR count). The lowest BCUT2D eigenvalue weighted by Gasteiger charge is -2.16. The van der Waals surface area contributed by atoms with Crippen LogP contribution in [0.1, 0.15) is 33.5 Å². The molecule has 0 bridgehead atoms. The molecule has 0 amide bonds. The maximum Gasteiger partial charge on any atom is 0.318 e. The summed E-state index contributed by atoms with van der Waals surface area (Å²) in [4.78, 5) is 11.2. The Balaban J connectivity index is 2.01. The summed E-state index contributed by atoms with van der Waals surface area (Å²) in [5, 5.41) is 12.2. The Morgan fingerprint density at radius 3 is 2.70 bits per heavy atom. The minimum atomic E-state index is -0.742. The summed E-state index contributed by atoms with van der Waals surface area (Å²) in [5.74, 6) is -0.742. The summed E-state index contributed by atoms with van der Waals surface area (Å²) in [7, 11) is 0. The summed E-state index contributed by atoms with van der Waals surface area (Å²) in [6, 6.07) is 8.52. The van der Waals surface area contributed by atoms with Crippen molar-refractivity contribution in [1.82, 2.24) is 9.88 Å². The Morgan fingerprint density at radius 1 is 1.30 bits per heavy atom. The van der Waals surface area contributed by atoms with Gasteiger partial charge < -0.3 is 9.67 Å². The molecule has 1 saturated heterocycles. The van der Waals surface area contributed by atoms with Crippen LogP contribution in [0, 0.1) is 27.7 Å². The van der Waals surface area contributed by atoms with Crippen LogP contribution in [0.3, 0.4) is 0 Å². The summed E-state index contributed by atoms with van der Waals surface area (Å²) in [5.41, 5.74) is 7.27. The van der Waals surface area contributed by atoms with E-state index in [-0.39, 0.29) is 10.6 Å². The van der Waals surface area contributed by atoms with Crippen molar-refractivity contribution in [3.05, 3.63) is 52.3 Å². The lowest BCUT2D eigenvalue weighted by Crippen LogP contribution is -2.21. The van der Waals surface area contributed by atoms with Gasteiger partial charge >= 0.3 is 5.97 Å². The highest BCUT2D eigenvalue weighted by molar-refractivity contribution is 8.01. The van der Waals surface area contributed by atoms with Crippen LogP contribution in [0.5, 0.6) is 0 Å². The zero-order valence-electron chi connectivity index (χ0n) is 13.9. The zero-order chi connectivity index (χ0) is 16.7. The molecule has 5 heteroatoms. The summed E-state index contributed by atoms with van der Waals surface area (Å²) in [6.07, 6.45) is 0. The van der Waals surface area contributed by atoms with Gasteiger partial charge in [-0.3, -0.25) is 10.1 Å². The Bertz CT molecular complexity index is 767. The van der Waals surface area contributed by atoms with E-state index in [1.807, 2.05) is 0 Å². The van der Waals surface area contributed by atoms with Crippen molar-refractivity contribution in [2.45, 2.75) is 38.3 Å². The van der Waals surface area contributed by atoms with Crippen molar-refractivity contribution in [3.8, 4) is 5.69 Å². The van der Waals surface area contributed by atoms with Gasteiger partial charge in [-0.1, -0.05) is 12.1 Å². The molecule has 0 spiro atoms. The van der Waals surface area contributed by atoms with E-state index < -0.39 is 5.97 Å². The quantitative estimate of drug-likeness (QED) is 0.904. The number of thioether (sulfide) groups is 1. The molecule has 0 aliphatic carbocycles. The van der Waals surface area contributed by atoms with Crippen LogP contribution in [0.25, 0.3) is 5.69 Å². The fourth-order valence-corrected chi connectivity index (χ4v) is 4.42. The summed E-state index contributed by atoms with van der Waals surface area (Å²) in [6.45, 7) is 9.00. The Morgan fingerprint density at radius 2 is 2.04 bits per heavy atom. The first kappa shape index (κ1) is 16.1. The Labute approximate surface area is 140 Å². The highest BCUT2D eigenvalue weighted by Gasteiger charge is 2.32. The van der Waals surface area contributed by atoms with Gasteiger partial charge in [0.1, 0.15) is 5.25 Å². The monoisotopic (exact) mass is 330 g/mol. The Hall–Kier alpha value is -1.72. The third-order valence-electron chi connectivity index (χ3n) is 4.63. The second kappa shape index (κ2) is 6.06. The van der Waals surface area contributed by atoms with Crippen molar-refractivity contribution in [2.75, 3.05) is 6.54 Å². The van der Waals surface area contributed by atoms with Gasteiger partial charge in [0, 0.05) is 29.2 Å². The average Bonchev–Trinajstić information content (AvgIpc) is 3.08. The number of rotatable bonds is 3. The number of aromatic nitrogens is 1. The molecule has 2 N–H and O–H groups in total. The van der Waals surface area contributed by atoms with E-state index in [9.17, 15) is 9.90 Å². The third kappa shape index (κ3) is 2.79. The second-order valence-electron chi connectivity index (χ2n) is 6.13. The number of nitrogens with zero attached hydrogens (tertiary/aromatic N) is 1. The van der Waals surface area contributed by atoms with E-state index in [0.29, 0.717) is 6.54 Å². The van der Waals surface area contributed by atoms with Crippen molar-refractivity contribution in [2.24, 2.45) is 0 Å². The standard InChI is InChI=1S/C18H22N2O2S/c1-10-6-5-7-15(12(10)3)20-11(2)8-14(13(20)4)17-19-9-16(23-17)18(21)22/h5-8,16-17,19H,9H2,1-4H3,(H,21,22)/t16-,17-/m1/s1. The predicted molar refractivity (Wildman–Crippen MR) is 94.5 cm³/mol. The smallest absolute Gasteiger partial charge is 0.318 e. The van der Waals surface area contributed by atoms with Crippen LogP contribution < -0.4 is 5.32 Å². The molecule has 122 valence electrons. The minimum absolute atomic E-state index is 0.0427. The SMILES string of the molecule is Cc1cccc(-n2c(C)cc([C@@H]3NC[C@H](C(=O)O)S3)c2C)c1C. The second-order valence-corrected chi connectivity index (χ2v) is 7.44. The molecule has 0 radical (unpaired) electrons. The van der Waals surface area contributed by atoms with E-state index in [2.05, 4.69) is 61.8 Å². The normalized spacial score (nSPS) is 20.9.